The summed E-state index contributed by atoms with van der Waals surface area (Å²) in [5.74, 6) is 0.354. The number of thioether (sulfide) groups is 1. The van der Waals surface area contributed by atoms with Crippen LogP contribution in [-0.2, 0) is 11.4 Å². The first-order valence-corrected chi connectivity index (χ1v) is 8.56. The summed E-state index contributed by atoms with van der Waals surface area (Å²) in [6.07, 6.45) is -11.8. The average Bonchev–Trinajstić information content (AvgIpc) is 2.50. The van der Waals surface area contributed by atoms with Gasteiger partial charge in [-0.2, -0.15) is 26.3 Å². The molecule has 0 spiro atoms. The Kier molecular flexibility index (Phi) is 5.80. The van der Waals surface area contributed by atoms with E-state index in [0.717, 1.165) is 21.5 Å². The molecule has 136 valence electrons. The second-order valence-electron chi connectivity index (χ2n) is 5.15. The lowest BCUT2D eigenvalue weighted by Gasteiger charge is -2.32. The lowest BCUT2D eigenvalue weighted by atomic mass is 9.92. The molecule has 0 saturated carbocycles. The highest BCUT2D eigenvalue weighted by atomic mass is 79.9. The number of rotatable bonds is 4. The zero-order valence-corrected chi connectivity index (χ0v) is 14.7. The Morgan fingerprint density at radius 3 is 1.92 bits per heavy atom. The third kappa shape index (κ3) is 4.32. The molecule has 0 fully saturated rings. The van der Waals surface area contributed by atoms with Crippen LogP contribution in [0.4, 0.5) is 26.3 Å². The Balaban J connectivity index is 2.21. The Morgan fingerprint density at radius 2 is 1.44 bits per heavy atom. The van der Waals surface area contributed by atoms with Crippen molar-refractivity contribution in [2.45, 2.75) is 28.6 Å². The van der Waals surface area contributed by atoms with Crippen LogP contribution in [0.1, 0.15) is 11.1 Å². The molecule has 1 nitrogen and oxygen atoms in total. The molecule has 0 aliphatic heterocycles. The second kappa shape index (κ2) is 7.20. The third-order valence-corrected chi connectivity index (χ3v) is 4.95. The van der Waals surface area contributed by atoms with Gasteiger partial charge in [0.2, 0.25) is 0 Å². The molecule has 0 saturated heterocycles. The summed E-state index contributed by atoms with van der Waals surface area (Å²) < 4.78 is 77.7. The minimum atomic E-state index is -5.88. The molecule has 0 bridgehead atoms. The molecule has 0 radical (unpaired) electrons. The van der Waals surface area contributed by atoms with E-state index in [0.29, 0.717) is 23.4 Å². The van der Waals surface area contributed by atoms with Gasteiger partial charge in [-0.05, 0) is 23.8 Å². The molecule has 2 aromatic carbocycles. The van der Waals surface area contributed by atoms with Crippen LogP contribution in [0.3, 0.4) is 0 Å². The van der Waals surface area contributed by atoms with Crippen molar-refractivity contribution in [3.05, 3.63) is 64.1 Å². The van der Waals surface area contributed by atoms with E-state index < -0.39 is 23.5 Å². The summed E-state index contributed by atoms with van der Waals surface area (Å²) in [6.45, 7) is 0. The molecule has 0 unspecified atom stereocenters. The van der Waals surface area contributed by atoms with Gasteiger partial charge in [0.05, 0.1) is 0 Å². The molecular weight excluding hydrogens is 434 g/mol. The van der Waals surface area contributed by atoms with Crippen LogP contribution in [0, 0.1) is 0 Å². The fourth-order valence-corrected chi connectivity index (χ4v) is 3.52. The predicted molar refractivity (Wildman–Crippen MR) is 86.2 cm³/mol. The second-order valence-corrected chi connectivity index (χ2v) is 7.11. The van der Waals surface area contributed by atoms with Crippen LogP contribution in [0.5, 0.6) is 0 Å². The molecule has 0 heterocycles. The van der Waals surface area contributed by atoms with Gasteiger partial charge in [0.15, 0.2) is 0 Å². The number of hydrogen-bond acceptors (Lipinski definition) is 2. The van der Waals surface area contributed by atoms with Crippen LogP contribution in [0.15, 0.2) is 57.9 Å². The van der Waals surface area contributed by atoms with Gasteiger partial charge in [-0.15, -0.1) is 11.8 Å². The quantitative estimate of drug-likeness (QED) is 0.457. The Morgan fingerprint density at radius 1 is 0.880 bits per heavy atom. The average molecular weight is 445 g/mol. The Labute approximate surface area is 152 Å². The van der Waals surface area contributed by atoms with E-state index in [1.807, 2.05) is 24.3 Å². The molecule has 0 atom stereocenters. The van der Waals surface area contributed by atoms with Crippen molar-refractivity contribution in [3.8, 4) is 0 Å². The molecule has 0 aliphatic rings. The smallest absolute Gasteiger partial charge is 0.369 e. The van der Waals surface area contributed by atoms with E-state index in [4.69, 9.17) is 0 Å². The molecule has 9 heteroatoms. The lowest BCUT2D eigenvalue weighted by Crippen LogP contribution is -2.53. The summed E-state index contributed by atoms with van der Waals surface area (Å²) in [7, 11) is 0. The van der Waals surface area contributed by atoms with Crippen molar-refractivity contribution in [2.75, 3.05) is 0 Å². The molecular formula is C16H11BrF6OS. The highest BCUT2D eigenvalue weighted by molar-refractivity contribution is 9.10. The maximum Gasteiger partial charge on any atom is 0.430 e. The third-order valence-electron chi connectivity index (χ3n) is 3.39. The maximum atomic E-state index is 12.8. The molecule has 2 rings (SSSR count). The van der Waals surface area contributed by atoms with Gasteiger partial charge >= 0.3 is 12.4 Å². The van der Waals surface area contributed by atoms with Crippen molar-refractivity contribution in [1.82, 2.24) is 0 Å². The molecule has 0 amide bonds. The van der Waals surface area contributed by atoms with Crippen molar-refractivity contribution < 1.29 is 31.4 Å². The van der Waals surface area contributed by atoms with Crippen LogP contribution in [-0.4, -0.2) is 17.5 Å². The number of hydrogen-bond donors (Lipinski definition) is 1. The molecule has 0 aromatic heterocycles. The highest BCUT2D eigenvalue weighted by Gasteiger charge is 2.71. The van der Waals surface area contributed by atoms with Gasteiger partial charge in [-0.3, -0.25) is 0 Å². The largest absolute Gasteiger partial charge is 0.430 e. The van der Waals surface area contributed by atoms with E-state index in [9.17, 15) is 31.4 Å². The van der Waals surface area contributed by atoms with Crippen molar-refractivity contribution in [1.29, 1.82) is 0 Å². The van der Waals surface area contributed by atoms with Gasteiger partial charge in [0.1, 0.15) is 0 Å². The summed E-state index contributed by atoms with van der Waals surface area (Å²) in [4.78, 5) is 0.889. The SMILES string of the molecule is OC(c1ccc(CSc2cccc(Br)c2)cc1)(C(F)(F)F)C(F)(F)F. The van der Waals surface area contributed by atoms with E-state index >= 15 is 0 Å². The summed E-state index contributed by atoms with van der Waals surface area (Å²) in [5, 5.41) is 9.32. The van der Waals surface area contributed by atoms with E-state index in [1.54, 1.807) is 0 Å². The summed E-state index contributed by atoms with van der Waals surface area (Å²) in [6, 6.07) is 10.9. The predicted octanol–water partition coefficient (Wildman–Crippen LogP) is 6.05. The van der Waals surface area contributed by atoms with E-state index in [1.165, 1.54) is 11.8 Å². The van der Waals surface area contributed by atoms with Crippen molar-refractivity contribution in [2.24, 2.45) is 0 Å². The lowest BCUT2D eigenvalue weighted by molar-refractivity contribution is -0.376. The van der Waals surface area contributed by atoms with Crippen LogP contribution in [0.2, 0.25) is 0 Å². The standard InChI is InChI=1S/C16H11BrF6OS/c17-12-2-1-3-13(8-12)25-9-10-4-6-11(7-5-10)14(24,15(18,19)20)16(21,22)23/h1-8,24H,9H2. The zero-order chi connectivity index (χ0) is 18.9. The van der Waals surface area contributed by atoms with E-state index in [-0.39, 0.29) is 0 Å². The number of aliphatic hydroxyl groups is 1. The zero-order valence-electron chi connectivity index (χ0n) is 12.3. The number of benzene rings is 2. The summed E-state index contributed by atoms with van der Waals surface area (Å²) >= 11 is 4.68. The summed E-state index contributed by atoms with van der Waals surface area (Å²) in [5.41, 5.74) is -5.63. The van der Waals surface area contributed by atoms with Crippen LogP contribution < -0.4 is 0 Å². The van der Waals surface area contributed by atoms with Crippen LogP contribution >= 0.6 is 27.7 Å². The van der Waals surface area contributed by atoms with Gasteiger partial charge in [-0.25, -0.2) is 0 Å². The highest BCUT2D eigenvalue weighted by Crippen LogP contribution is 2.50. The Hall–Kier alpha value is -1.19. The van der Waals surface area contributed by atoms with Crippen LogP contribution in [0.25, 0.3) is 0 Å². The fraction of sp³-hybridized carbons (Fsp3) is 0.250. The molecule has 25 heavy (non-hydrogen) atoms. The fourth-order valence-electron chi connectivity index (χ4n) is 2.05. The Bertz CT molecular complexity index is 713. The van der Waals surface area contributed by atoms with Gasteiger partial charge in [-0.1, -0.05) is 46.3 Å². The first-order chi connectivity index (χ1) is 11.4. The first-order valence-electron chi connectivity index (χ1n) is 6.79. The normalized spacial score (nSPS) is 13.1. The first kappa shape index (κ1) is 20.1. The minimum absolute atomic E-state index is 0.354. The van der Waals surface area contributed by atoms with Gasteiger partial charge in [0, 0.05) is 20.7 Å². The topological polar surface area (TPSA) is 20.2 Å². The molecule has 2 aromatic rings. The van der Waals surface area contributed by atoms with Gasteiger partial charge in [0.25, 0.3) is 5.60 Å². The minimum Gasteiger partial charge on any atom is -0.369 e. The van der Waals surface area contributed by atoms with Crippen molar-refractivity contribution in [3.63, 3.8) is 0 Å². The molecule has 0 aliphatic carbocycles. The van der Waals surface area contributed by atoms with E-state index in [2.05, 4.69) is 15.9 Å². The number of alkyl halides is 6. The number of halogens is 7. The molecule has 1 N–H and O–H groups in total. The monoisotopic (exact) mass is 444 g/mol. The maximum absolute atomic E-state index is 12.8. The van der Waals surface area contributed by atoms with Crippen molar-refractivity contribution >= 4 is 27.7 Å². The van der Waals surface area contributed by atoms with Gasteiger partial charge < -0.3 is 5.11 Å².